The van der Waals surface area contributed by atoms with Crippen molar-refractivity contribution in [3.05, 3.63) is 0 Å². The van der Waals surface area contributed by atoms with Crippen LogP contribution in [-0.2, 0) is 0 Å². The van der Waals surface area contributed by atoms with Crippen molar-refractivity contribution < 1.29 is 0 Å². The van der Waals surface area contributed by atoms with E-state index < -0.39 is 0 Å². The number of likely N-dealkylation sites (N-methyl/N-ethyl adjacent to an activating group) is 1. The molecule has 2 heteroatoms. The summed E-state index contributed by atoms with van der Waals surface area (Å²) in [7, 11) is 2.23. The first-order chi connectivity index (χ1) is 13.8. The van der Waals surface area contributed by atoms with Gasteiger partial charge >= 0.3 is 0 Å². The Balaban J connectivity index is 0. The van der Waals surface area contributed by atoms with E-state index in [4.69, 9.17) is 0 Å². The molecule has 0 radical (unpaired) electrons. The molecule has 0 atom stereocenters. The van der Waals surface area contributed by atoms with Gasteiger partial charge in [-0.05, 0) is 20.0 Å². The summed E-state index contributed by atoms with van der Waals surface area (Å²) in [6.07, 6.45) is 23.4. The van der Waals surface area contributed by atoms with E-state index in [-0.39, 0.29) is 0 Å². The average molecular weight is 399 g/mol. The van der Waals surface area contributed by atoms with E-state index in [0.29, 0.717) is 0 Å². The molecular weight excluding hydrogens is 340 g/mol. The lowest BCUT2D eigenvalue weighted by atomic mass is 10.0. The molecular formula is C26H58N2. The second kappa shape index (κ2) is 26.9. The second-order valence-corrected chi connectivity index (χ2v) is 8.14. The molecule has 1 aliphatic heterocycles. The molecule has 172 valence electrons. The van der Waals surface area contributed by atoms with Crippen molar-refractivity contribution in [3.8, 4) is 0 Å². The van der Waals surface area contributed by atoms with Crippen LogP contribution in [0.1, 0.15) is 137 Å². The van der Waals surface area contributed by atoms with Crippen LogP contribution in [0.3, 0.4) is 0 Å². The summed E-state index contributed by atoms with van der Waals surface area (Å²) in [6.45, 7) is 15.4. The van der Waals surface area contributed by atoms with Crippen LogP contribution in [0, 0.1) is 0 Å². The van der Waals surface area contributed by atoms with E-state index >= 15 is 0 Å². The van der Waals surface area contributed by atoms with Crippen molar-refractivity contribution in [3.63, 3.8) is 0 Å². The first-order valence-electron chi connectivity index (χ1n) is 13.2. The van der Waals surface area contributed by atoms with Gasteiger partial charge in [0.05, 0.1) is 6.67 Å². The van der Waals surface area contributed by atoms with Crippen molar-refractivity contribution in [2.24, 2.45) is 0 Å². The van der Waals surface area contributed by atoms with Gasteiger partial charge < -0.3 is 0 Å². The summed E-state index contributed by atoms with van der Waals surface area (Å²) in [6, 6.07) is 0. The van der Waals surface area contributed by atoms with E-state index in [0.717, 1.165) is 0 Å². The van der Waals surface area contributed by atoms with E-state index in [9.17, 15) is 0 Å². The van der Waals surface area contributed by atoms with Crippen LogP contribution in [0.25, 0.3) is 0 Å². The molecule has 0 unspecified atom stereocenters. The maximum absolute atomic E-state index is 2.60. The standard InChI is InChI=1S/C22H46N2.2C2H6/c1-3-4-5-6-7-8-9-10-11-12-13-14-15-16-17-18-19-24-21-20-23(2)22-24;2*1-2/h3-22H2,1-2H3;2*1-2H3. The third kappa shape index (κ3) is 22.2. The van der Waals surface area contributed by atoms with E-state index in [1.165, 1.54) is 129 Å². The monoisotopic (exact) mass is 398 g/mol. The quantitative estimate of drug-likeness (QED) is 0.226. The third-order valence-corrected chi connectivity index (χ3v) is 5.57. The Hall–Kier alpha value is -0.0800. The van der Waals surface area contributed by atoms with Crippen LogP contribution in [0.4, 0.5) is 0 Å². The Morgan fingerprint density at radius 3 is 1.18 bits per heavy atom. The minimum absolute atomic E-state index is 1.19. The molecule has 0 aromatic carbocycles. The number of hydrogen-bond acceptors (Lipinski definition) is 2. The molecule has 2 nitrogen and oxygen atoms in total. The fraction of sp³-hybridized carbons (Fsp3) is 1.00. The molecule has 0 saturated carbocycles. The molecule has 0 aliphatic carbocycles. The number of unbranched alkanes of at least 4 members (excludes halogenated alkanes) is 15. The van der Waals surface area contributed by atoms with Crippen LogP contribution < -0.4 is 0 Å². The maximum atomic E-state index is 2.60. The van der Waals surface area contributed by atoms with E-state index in [2.05, 4.69) is 23.8 Å². The molecule has 1 fully saturated rings. The van der Waals surface area contributed by atoms with Crippen molar-refractivity contribution in [2.75, 3.05) is 33.4 Å². The molecule has 0 aromatic rings. The molecule has 0 bridgehead atoms. The molecule has 0 amide bonds. The summed E-state index contributed by atoms with van der Waals surface area (Å²) in [5.74, 6) is 0. The van der Waals surface area contributed by atoms with E-state index in [1.54, 1.807) is 0 Å². The highest BCUT2D eigenvalue weighted by atomic mass is 15.4. The average Bonchev–Trinajstić information content (AvgIpc) is 3.15. The van der Waals surface area contributed by atoms with Gasteiger partial charge in [-0.25, -0.2) is 0 Å². The largest absolute Gasteiger partial charge is 0.292 e. The van der Waals surface area contributed by atoms with Crippen molar-refractivity contribution in [1.29, 1.82) is 0 Å². The van der Waals surface area contributed by atoms with Gasteiger partial charge in [0.15, 0.2) is 0 Å². The normalized spacial score (nSPS) is 14.4. The summed E-state index contributed by atoms with van der Waals surface area (Å²) >= 11 is 0. The Morgan fingerprint density at radius 1 is 0.500 bits per heavy atom. The zero-order valence-corrected chi connectivity index (χ0v) is 21.0. The Morgan fingerprint density at radius 2 is 0.857 bits per heavy atom. The summed E-state index contributed by atoms with van der Waals surface area (Å²) < 4.78 is 0. The smallest absolute Gasteiger partial charge is 0.0504 e. The fourth-order valence-corrected chi connectivity index (χ4v) is 3.86. The maximum Gasteiger partial charge on any atom is 0.0504 e. The molecule has 1 rings (SSSR count). The lowest BCUT2D eigenvalue weighted by molar-refractivity contribution is 0.269. The van der Waals surface area contributed by atoms with Crippen LogP contribution in [0.5, 0.6) is 0 Å². The first kappa shape index (κ1) is 30.1. The highest BCUT2D eigenvalue weighted by Crippen LogP contribution is 2.14. The van der Waals surface area contributed by atoms with Crippen molar-refractivity contribution >= 4 is 0 Å². The van der Waals surface area contributed by atoms with Crippen LogP contribution in [0.2, 0.25) is 0 Å². The zero-order chi connectivity index (χ0) is 21.3. The third-order valence-electron chi connectivity index (χ3n) is 5.57. The minimum Gasteiger partial charge on any atom is -0.292 e. The van der Waals surface area contributed by atoms with Gasteiger partial charge in [-0.1, -0.05) is 131 Å². The molecule has 1 saturated heterocycles. The van der Waals surface area contributed by atoms with Gasteiger partial charge in [0.1, 0.15) is 0 Å². The van der Waals surface area contributed by atoms with Gasteiger partial charge in [-0.2, -0.15) is 0 Å². The predicted molar refractivity (Wildman–Crippen MR) is 131 cm³/mol. The molecule has 0 N–H and O–H groups in total. The van der Waals surface area contributed by atoms with Crippen LogP contribution in [-0.4, -0.2) is 43.2 Å². The lowest BCUT2D eigenvalue weighted by Gasteiger charge is -2.14. The second-order valence-electron chi connectivity index (χ2n) is 8.14. The predicted octanol–water partition coefficient (Wildman–Crippen LogP) is 8.51. The van der Waals surface area contributed by atoms with Crippen molar-refractivity contribution in [2.45, 2.75) is 137 Å². The highest BCUT2D eigenvalue weighted by molar-refractivity contribution is 4.67. The van der Waals surface area contributed by atoms with Gasteiger partial charge in [-0.3, -0.25) is 9.80 Å². The zero-order valence-electron chi connectivity index (χ0n) is 21.0. The van der Waals surface area contributed by atoms with Gasteiger partial charge in [-0.15, -0.1) is 0 Å². The first-order valence-corrected chi connectivity index (χ1v) is 13.2. The van der Waals surface area contributed by atoms with E-state index in [1.807, 2.05) is 27.7 Å². The van der Waals surface area contributed by atoms with Crippen LogP contribution >= 0.6 is 0 Å². The number of hydrogen-bond donors (Lipinski definition) is 0. The SMILES string of the molecule is CC.CC.CCCCCCCCCCCCCCCCCCN1CCN(C)C1. The Labute approximate surface area is 180 Å². The number of nitrogens with zero attached hydrogens (tertiary/aromatic N) is 2. The molecule has 1 aliphatic rings. The van der Waals surface area contributed by atoms with Crippen molar-refractivity contribution in [1.82, 2.24) is 9.80 Å². The molecule has 0 aromatic heterocycles. The molecule has 0 spiro atoms. The summed E-state index contributed by atoms with van der Waals surface area (Å²) in [5.41, 5.74) is 0. The summed E-state index contributed by atoms with van der Waals surface area (Å²) in [4.78, 5) is 5.02. The number of rotatable bonds is 17. The fourth-order valence-electron chi connectivity index (χ4n) is 3.86. The molecule has 1 heterocycles. The minimum atomic E-state index is 1.19. The highest BCUT2D eigenvalue weighted by Gasteiger charge is 2.14. The topological polar surface area (TPSA) is 6.48 Å². The Kier molecular flexibility index (Phi) is 29.0. The van der Waals surface area contributed by atoms with Gasteiger partial charge in [0.2, 0.25) is 0 Å². The Bertz CT molecular complexity index is 255. The molecule has 28 heavy (non-hydrogen) atoms. The van der Waals surface area contributed by atoms with Crippen LogP contribution in [0.15, 0.2) is 0 Å². The summed E-state index contributed by atoms with van der Waals surface area (Å²) in [5, 5.41) is 0. The lowest BCUT2D eigenvalue weighted by Crippen LogP contribution is -2.24. The van der Waals surface area contributed by atoms with Gasteiger partial charge in [0.25, 0.3) is 0 Å². The van der Waals surface area contributed by atoms with Gasteiger partial charge in [0, 0.05) is 13.1 Å².